The quantitative estimate of drug-likeness (QED) is 0.790. The van der Waals surface area contributed by atoms with Gasteiger partial charge >= 0.3 is 0 Å². The second kappa shape index (κ2) is 5.40. The molecule has 0 unspecified atom stereocenters. The van der Waals surface area contributed by atoms with E-state index in [1.807, 2.05) is 12.1 Å². The molecule has 1 saturated heterocycles. The fraction of sp³-hybridized carbons (Fsp3) is 0.533. The molecule has 0 amide bonds. The van der Waals surface area contributed by atoms with Crippen LogP contribution in [0.15, 0.2) is 18.2 Å². The Kier molecular flexibility index (Phi) is 4.03. The maximum atomic E-state index is 9.21. The van der Waals surface area contributed by atoms with E-state index in [-0.39, 0.29) is 5.54 Å². The summed E-state index contributed by atoms with van der Waals surface area (Å²) in [6.45, 7) is 10.7. The Balaban J connectivity index is 2.12. The predicted molar refractivity (Wildman–Crippen MR) is 79.7 cm³/mol. The Morgan fingerprint density at radius 1 is 1.16 bits per heavy atom. The molecule has 3 nitrogen and oxygen atoms in total. The maximum Gasteiger partial charge on any atom is 0.101 e. The van der Waals surface area contributed by atoms with E-state index >= 15 is 0 Å². The van der Waals surface area contributed by atoms with Crippen LogP contribution in [0.1, 0.15) is 26.3 Å². The van der Waals surface area contributed by atoms with Gasteiger partial charge in [0.25, 0.3) is 0 Å². The van der Waals surface area contributed by atoms with Crippen LogP contribution in [-0.2, 0) is 0 Å². The summed E-state index contributed by atoms with van der Waals surface area (Å²) in [7, 11) is 0. The van der Waals surface area contributed by atoms with Gasteiger partial charge in [0.15, 0.2) is 0 Å². The van der Waals surface area contributed by atoms with Crippen molar-refractivity contribution in [3.63, 3.8) is 0 Å². The number of rotatable bonds is 1. The lowest BCUT2D eigenvalue weighted by atomic mass is 10.0. The van der Waals surface area contributed by atoms with Gasteiger partial charge in [-0.25, -0.2) is 0 Å². The van der Waals surface area contributed by atoms with Crippen LogP contribution in [0.25, 0.3) is 0 Å². The number of piperazine rings is 1. The summed E-state index contributed by atoms with van der Waals surface area (Å²) in [6, 6.07) is 7.79. The van der Waals surface area contributed by atoms with E-state index in [0.29, 0.717) is 10.6 Å². The normalized spacial score (nSPS) is 17.3. The lowest BCUT2D eigenvalue weighted by Gasteiger charge is -2.43. The molecule has 1 aromatic carbocycles. The summed E-state index contributed by atoms with van der Waals surface area (Å²) >= 11 is 5.94. The first-order valence-corrected chi connectivity index (χ1v) is 6.99. The third kappa shape index (κ3) is 3.20. The third-order valence-electron chi connectivity index (χ3n) is 3.65. The molecule has 0 aliphatic carbocycles. The Hall–Kier alpha value is -1.24. The van der Waals surface area contributed by atoms with Crippen LogP contribution in [0.2, 0.25) is 5.02 Å². The maximum absolute atomic E-state index is 9.21. The Labute approximate surface area is 120 Å². The monoisotopic (exact) mass is 277 g/mol. The lowest BCUT2D eigenvalue weighted by Crippen LogP contribution is -2.53. The molecule has 0 radical (unpaired) electrons. The molecule has 4 heteroatoms. The Bertz CT molecular complexity index is 491. The molecule has 19 heavy (non-hydrogen) atoms. The summed E-state index contributed by atoms with van der Waals surface area (Å²) in [5.74, 6) is 0. The van der Waals surface area contributed by atoms with Gasteiger partial charge in [0.1, 0.15) is 6.07 Å². The van der Waals surface area contributed by atoms with Gasteiger partial charge in [0, 0.05) is 36.7 Å². The van der Waals surface area contributed by atoms with Crippen molar-refractivity contribution in [1.29, 1.82) is 5.26 Å². The lowest BCUT2D eigenvalue weighted by molar-refractivity contribution is 0.128. The first-order valence-electron chi connectivity index (χ1n) is 6.61. The van der Waals surface area contributed by atoms with Gasteiger partial charge < -0.3 is 4.90 Å². The third-order valence-corrected chi connectivity index (χ3v) is 3.88. The van der Waals surface area contributed by atoms with E-state index in [2.05, 4.69) is 36.6 Å². The molecule has 1 aromatic rings. The zero-order valence-electron chi connectivity index (χ0n) is 11.8. The second-order valence-corrected chi connectivity index (χ2v) is 6.35. The van der Waals surface area contributed by atoms with Crippen LogP contribution in [0, 0.1) is 11.3 Å². The number of benzene rings is 1. The van der Waals surface area contributed by atoms with Crippen molar-refractivity contribution in [1.82, 2.24) is 4.90 Å². The van der Waals surface area contributed by atoms with Gasteiger partial charge in [-0.05, 0) is 39.0 Å². The molecule has 0 spiro atoms. The van der Waals surface area contributed by atoms with E-state index < -0.39 is 0 Å². The van der Waals surface area contributed by atoms with Gasteiger partial charge in [0.05, 0.1) is 11.3 Å². The van der Waals surface area contributed by atoms with Crippen molar-refractivity contribution in [2.75, 3.05) is 31.1 Å². The minimum Gasteiger partial charge on any atom is -0.368 e. The highest BCUT2D eigenvalue weighted by molar-refractivity contribution is 6.30. The van der Waals surface area contributed by atoms with Gasteiger partial charge in [-0.3, -0.25) is 4.90 Å². The molecule has 0 bridgehead atoms. The van der Waals surface area contributed by atoms with Crippen molar-refractivity contribution in [2.45, 2.75) is 26.3 Å². The van der Waals surface area contributed by atoms with Crippen molar-refractivity contribution in [3.05, 3.63) is 28.8 Å². The van der Waals surface area contributed by atoms with Crippen LogP contribution in [0.5, 0.6) is 0 Å². The molecular weight excluding hydrogens is 258 g/mol. The van der Waals surface area contributed by atoms with Gasteiger partial charge in [0.2, 0.25) is 0 Å². The molecule has 102 valence electrons. The molecule has 1 aliphatic rings. The highest BCUT2D eigenvalue weighted by Gasteiger charge is 2.26. The number of hydrogen-bond donors (Lipinski definition) is 0. The Morgan fingerprint density at radius 2 is 1.79 bits per heavy atom. The minimum atomic E-state index is 0.212. The molecule has 0 saturated carbocycles. The van der Waals surface area contributed by atoms with Crippen LogP contribution >= 0.6 is 11.6 Å². The fourth-order valence-electron chi connectivity index (χ4n) is 2.49. The predicted octanol–water partition coefficient (Wildman–Crippen LogP) is 3.13. The van der Waals surface area contributed by atoms with E-state index in [1.54, 1.807) is 6.07 Å². The molecule has 0 atom stereocenters. The smallest absolute Gasteiger partial charge is 0.101 e. The van der Waals surface area contributed by atoms with Crippen LogP contribution in [-0.4, -0.2) is 36.6 Å². The average molecular weight is 278 g/mol. The van der Waals surface area contributed by atoms with Crippen LogP contribution in [0.4, 0.5) is 5.69 Å². The summed E-state index contributed by atoms with van der Waals surface area (Å²) < 4.78 is 0. The number of nitrogens with zero attached hydrogens (tertiary/aromatic N) is 3. The Morgan fingerprint density at radius 3 is 2.32 bits per heavy atom. The van der Waals surface area contributed by atoms with Crippen LogP contribution in [0.3, 0.4) is 0 Å². The molecule has 2 rings (SSSR count). The summed E-state index contributed by atoms with van der Waals surface area (Å²) in [5.41, 5.74) is 1.88. The van der Waals surface area contributed by atoms with Crippen molar-refractivity contribution in [2.24, 2.45) is 0 Å². The fourth-order valence-corrected chi connectivity index (χ4v) is 2.66. The zero-order valence-corrected chi connectivity index (χ0v) is 12.5. The summed E-state index contributed by atoms with van der Waals surface area (Å²) in [5, 5.41) is 9.83. The highest BCUT2D eigenvalue weighted by Crippen LogP contribution is 2.26. The van der Waals surface area contributed by atoms with E-state index in [9.17, 15) is 5.26 Å². The molecule has 0 aromatic heterocycles. The average Bonchev–Trinajstić information content (AvgIpc) is 2.37. The molecule has 1 fully saturated rings. The molecular formula is C15H20ClN3. The van der Waals surface area contributed by atoms with Crippen molar-refractivity contribution < 1.29 is 0 Å². The second-order valence-electron chi connectivity index (χ2n) is 5.92. The number of anilines is 1. The number of hydrogen-bond acceptors (Lipinski definition) is 3. The number of halogens is 1. The van der Waals surface area contributed by atoms with E-state index in [0.717, 1.165) is 31.9 Å². The standard InChI is InChI=1S/C15H20ClN3/c1-15(2,3)19-8-6-18(7-9-19)14-5-4-13(16)10-12(14)11-17/h4-5,10H,6-9H2,1-3H3. The van der Waals surface area contributed by atoms with E-state index in [1.165, 1.54) is 0 Å². The molecule has 0 N–H and O–H groups in total. The SMILES string of the molecule is CC(C)(C)N1CCN(c2ccc(Cl)cc2C#N)CC1. The molecule has 1 heterocycles. The first kappa shape index (κ1) is 14.2. The van der Waals surface area contributed by atoms with Crippen LogP contribution < -0.4 is 4.90 Å². The minimum absolute atomic E-state index is 0.212. The summed E-state index contributed by atoms with van der Waals surface area (Å²) in [4.78, 5) is 4.75. The van der Waals surface area contributed by atoms with Gasteiger partial charge in [-0.15, -0.1) is 0 Å². The van der Waals surface area contributed by atoms with E-state index in [4.69, 9.17) is 11.6 Å². The molecule has 1 aliphatic heterocycles. The van der Waals surface area contributed by atoms with Gasteiger partial charge in [-0.2, -0.15) is 5.26 Å². The summed E-state index contributed by atoms with van der Waals surface area (Å²) in [6.07, 6.45) is 0. The first-order chi connectivity index (χ1) is 8.91. The number of nitriles is 1. The zero-order chi connectivity index (χ0) is 14.0. The van der Waals surface area contributed by atoms with Crippen molar-refractivity contribution >= 4 is 17.3 Å². The topological polar surface area (TPSA) is 30.3 Å². The van der Waals surface area contributed by atoms with Crippen molar-refractivity contribution in [3.8, 4) is 6.07 Å². The highest BCUT2D eigenvalue weighted by atomic mass is 35.5. The van der Waals surface area contributed by atoms with Gasteiger partial charge in [-0.1, -0.05) is 11.6 Å². The largest absolute Gasteiger partial charge is 0.368 e.